The first-order valence-electron chi connectivity index (χ1n) is 3.63. The highest BCUT2D eigenvalue weighted by atomic mass is 19.4. The van der Waals surface area contributed by atoms with Crippen molar-refractivity contribution in [3.05, 3.63) is 0 Å². The molecule has 0 fully saturated rings. The van der Waals surface area contributed by atoms with Crippen molar-refractivity contribution in [2.75, 3.05) is 13.2 Å². The summed E-state index contributed by atoms with van der Waals surface area (Å²) in [5.41, 5.74) is 3.79. The van der Waals surface area contributed by atoms with Gasteiger partial charge >= 0.3 is 6.18 Å². The molecule has 0 rings (SSSR count). The van der Waals surface area contributed by atoms with E-state index in [9.17, 15) is 13.2 Å². The second-order valence-electron chi connectivity index (χ2n) is 3.48. The van der Waals surface area contributed by atoms with Gasteiger partial charge in [0.25, 0.3) is 0 Å². The molecule has 0 heterocycles. The predicted molar refractivity (Wildman–Crippen MR) is 39.5 cm³/mol. The molecule has 2 nitrogen and oxygen atoms in total. The van der Waals surface area contributed by atoms with Crippen molar-refractivity contribution >= 4 is 0 Å². The van der Waals surface area contributed by atoms with E-state index in [1.54, 1.807) is 0 Å². The van der Waals surface area contributed by atoms with Gasteiger partial charge in [-0.2, -0.15) is 13.2 Å². The summed E-state index contributed by atoms with van der Waals surface area (Å²) in [7, 11) is 0. The average Bonchev–Trinajstić information content (AvgIpc) is 1.85. The third-order valence-corrected chi connectivity index (χ3v) is 1.98. The van der Waals surface area contributed by atoms with Gasteiger partial charge in [-0.1, -0.05) is 13.8 Å². The third kappa shape index (κ3) is 2.64. The lowest BCUT2D eigenvalue weighted by molar-refractivity contribution is -0.204. The summed E-state index contributed by atoms with van der Waals surface area (Å²) in [4.78, 5) is 0. The molecule has 0 aromatic rings. The molecule has 0 aliphatic rings. The number of aliphatic hydroxyl groups excluding tert-OH is 1. The average molecular weight is 185 g/mol. The standard InChI is InChI=1S/C7H14F3NO/c1-6(2,4-12)5(3-11)7(8,9)10/h5,12H,3-4,11H2,1-2H3. The van der Waals surface area contributed by atoms with Gasteiger partial charge in [0.2, 0.25) is 0 Å². The zero-order valence-electron chi connectivity index (χ0n) is 7.15. The molecule has 3 N–H and O–H groups in total. The van der Waals surface area contributed by atoms with E-state index in [-0.39, 0.29) is 0 Å². The zero-order valence-corrected chi connectivity index (χ0v) is 7.15. The van der Waals surface area contributed by atoms with E-state index in [0.29, 0.717) is 0 Å². The van der Waals surface area contributed by atoms with Crippen LogP contribution in [0.1, 0.15) is 13.8 Å². The smallest absolute Gasteiger partial charge is 0.393 e. The molecule has 0 saturated carbocycles. The Balaban J connectivity index is 4.56. The van der Waals surface area contributed by atoms with E-state index in [1.165, 1.54) is 13.8 Å². The number of halogens is 3. The lowest BCUT2D eigenvalue weighted by Gasteiger charge is -2.32. The second kappa shape index (κ2) is 3.62. The number of aliphatic hydroxyl groups is 1. The van der Waals surface area contributed by atoms with Crippen LogP contribution in [0.25, 0.3) is 0 Å². The van der Waals surface area contributed by atoms with Gasteiger partial charge < -0.3 is 10.8 Å². The molecule has 0 aliphatic carbocycles. The fourth-order valence-electron chi connectivity index (χ4n) is 1.01. The van der Waals surface area contributed by atoms with Crippen LogP contribution < -0.4 is 5.73 Å². The van der Waals surface area contributed by atoms with E-state index in [2.05, 4.69) is 0 Å². The molecular formula is C7H14F3NO. The van der Waals surface area contributed by atoms with Gasteiger partial charge in [-0.3, -0.25) is 0 Å². The van der Waals surface area contributed by atoms with Crippen LogP contribution in [0.15, 0.2) is 0 Å². The summed E-state index contributed by atoms with van der Waals surface area (Å²) in [6.07, 6.45) is -4.33. The van der Waals surface area contributed by atoms with Crippen LogP contribution in [0.3, 0.4) is 0 Å². The number of nitrogens with two attached hydrogens (primary N) is 1. The highest BCUT2D eigenvalue weighted by Gasteiger charge is 2.47. The molecule has 0 aromatic heterocycles. The number of hydrogen-bond acceptors (Lipinski definition) is 2. The van der Waals surface area contributed by atoms with Crippen molar-refractivity contribution in [2.24, 2.45) is 17.1 Å². The van der Waals surface area contributed by atoms with Crippen LogP contribution in [-0.4, -0.2) is 24.4 Å². The highest BCUT2D eigenvalue weighted by Crippen LogP contribution is 2.38. The molecule has 1 atom stereocenters. The number of hydrogen-bond donors (Lipinski definition) is 2. The molecule has 74 valence electrons. The van der Waals surface area contributed by atoms with Crippen molar-refractivity contribution < 1.29 is 18.3 Å². The molecule has 1 unspecified atom stereocenters. The molecule has 0 amide bonds. The molecule has 0 radical (unpaired) electrons. The van der Waals surface area contributed by atoms with Crippen molar-refractivity contribution in [1.29, 1.82) is 0 Å². The third-order valence-electron chi connectivity index (χ3n) is 1.98. The minimum atomic E-state index is -4.33. The predicted octanol–water partition coefficient (Wildman–Crippen LogP) is 1.14. The van der Waals surface area contributed by atoms with E-state index in [1.807, 2.05) is 0 Å². The van der Waals surface area contributed by atoms with Crippen molar-refractivity contribution in [1.82, 2.24) is 0 Å². The molecule has 0 spiro atoms. The van der Waals surface area contributed by atoms with Gasteiger partial charge in [0.15, 0.2) is 0 Å². The molecule has 12 heavy (non-hydrogen) atoms. The molecule has 0 bridgehead atoms. The Kier molecular flexibility index (Phi) is 3.53. The molecule has 0 aromatic carbocycles. The molecule has 0 aliphatic heterocycles. The Labute approximate surface area is 69.6 Å². The Bertz CT molecular complexity index is 144. The summed E-state index contributed by atoms with van der Waals surface area (Å²) < 4.78 is 36.6. The largest absolute Gasteiger partial charge is 0.396 e. The quantitative estimate of drug-likeness (QED) is 0.692. The summed E-state index contributed by atoms with van der Waals surface area (Å²) in [6.45, 7) is 1.68. The van der Waals surface area contributed by atoms with Crippen molar-refractivity contribution in [3.8, 4) is 0 Å². The topological polar surface area (TPSA) is 46.2 Å². The van der Waals surface area contributed by atoms with Gasteiger partial charge in [0.05, 0.1) is 5.92 Å². The SMILES string of the molecule is CC(C)(CO)C(CN)C(F)(F)F. The van der Waals surface area contributed by atoms with Crippen LogP contribution in [0.4, 0.5) is 13.2 Å². The molecular weight excluding hydrogens is 171 g/mol. The van der Waals surface area contributed by atoms with E-state index in [4.69, 9.17) is 10.8 Å². The van der Waals surface area contributed by atoms with Gasteiger partial charge in [-0.25, -0.2) is 0 Å². The van der Waals surface area contributed by atoms with Crippen LogP contribution in [0.5, 0.6) is 0 Å². The van der Waals surface area contributed by atoms with Crippen LogP contribution >= 0.6 is 0 Å². The molecule has 5 heteroatoms. The maximum Gasteiger partial charge on any atom is 0.393 e. The van der Waals surface area contributed by atoms with E-state index in [0.717, 1.165) is 0 Å². The van der Waals surface area contributed by atoms with Crippen LogP contribution in [0.2, 0.25) is 0 Å². The monoisotopic (exact) mass is 185 g/mol. The lowest BCUT2D eigenvalue weighted by atomic mass is 9.79. The van der Waals surface area contributed by atoms with Gasteiger partial charge in [-0.15, -0.1) is 0 Å². The second-order valence-corrected chi connectivity index (χ2v) is 3.48. The first-order valence-corrected chi connectivity index (χ1v) is 3.63. The summed E-state index contributed by atoms with van der Waals surface area (Å²) in [6, 6.07) is 0. The molecule has 0 saturated heterocycles. The Hall–Kier alpha value is -0.290. The number of rotatable bonds is 3. The maximum absolute atomic E-state index is 12.2. The lowest BCUT2D eigenvalue weighted by Crippen LogP contribution is -2.43. The van der Waals surface area contributed by atoms with Gasteiger partial charge in [-0.05, 0) is 0 Å². The Morgan fingerprint density at radius 2 is 1.75 bits per heavy atom. The van der Waals surface area contributed by atoms with Crippen LogP contribution in [0, 0.1) is 11.3 Å². The van der Waals surface area contributed by atoms with Gasteiger partial charge in [0.1, 0.15) is 0 Å². The first-order chi connectivity index (χ1) is 5.25. The summed E-state index contributed by atoms with van der Waals surface area (Å²) >= 11 is 0. The van der Waals surface area contributed by atoms with Crippen molar-refractivity contribution in [2.45, 2.75) is 20.0 Å². The summed E-state index contributed by atoms with van der Waals surface area (Å²) in [5, 5.41) is 8.70. The zero-order chi connectivity index (χ0) is 9.99. The minimum Gasteiger partial charge on any atom is -0.396 e. The summed E-state index contributed by atoms with van der Waals surface area (Å²) in [5.74, 6) is -1.64. The Morgan fingerprint density at radius 1 is 1.33 bits per heavy atom. The van der Waals surface area contributed by atoms with Gasteiger partial charge in [0, 0.05) is 18.6 Å². The Morgan fingerprint density at radius 3 is 1.83 bits per heavy atom. The number of alkyl halides is 3. The first kappa shape index (κ1) is 11.7. The fourth-order valence-corrected chi connectivity index (χ4v) is 1.01. The van der Waals surface area contributed by atoms with Crippen molar-refractivity contribution in [3.63, 3.8) is 0 Å². The van der Waals surface area contributed by atoms with Crippen LogP contribution in [-0.2, 0) is 0 Å². The van der Waals surface area contributed by atoms with E-state index >= 15 is 0 Å². The normalized spacial score (nSPS) is 16.2. The minimum absolute atomic E-state index is 0.489. The maximum atomic E-state index is 12.2. The highest BCUT2D eigenvalue weighted by molar-refractivity contribution is 4.83. The van der Waals surface area contributed by atoms with E-state index < -0.39 is 30.7 Å². The fraction of sp³-hybridized carbons (Fsp3) is 1.00.